The van der Waals surface area contributed by atoms with Gasteiger partial charge in [0.25, 0.3) is 0 Å². The molecule has 1 aliphatic heterocycles. The van der Waals surface area contributed by atoms with Crippen LogP contribution < -0.4 is 10.2 Å². The van der Waals surface area contributed by atoms with Crippen LogP contribution in [0.15, 0.2) is 12.3 Å². The SMILES string of the molecule is CC(C)Nc1ccnc(N2CCN(C)[C@@H](CCO)C2)n1. The van der Waals surface area contributed by atoms with Crippen LogP contribution >= 0.6 is 0 Å². The van der Waals surface area contributed by atoms with Crippen molar-refractivity contribution in [1.82, 2.24) is 14.9 Å². The van der Waals surface area contributed by atoms with Crippen LogP contribution in [0.25, 0.3) is 0 Å². The fourth-order valence-electron chi connectivity index (χ4n) is 2.47. The van der Waals surface area contributed by atoms with Gasteiger partial charge in [-0.1, -0.05) is 0 Å². The fraction of sp³-hybridized carbons (Fsp3) is 0.714. The maximum absolute atomic E-state index is 9.15. The van der Waals surface area contributed by atoms with Crippen molar-refractivity contribution in [3.05, 3.63) is 12.3 Å². The van der Waals surface area contributed by atoms with Crippen molar-refractivity contribution in [2.45, 2.75) is 32.4 Å². The molecule has 6 heteroatoms. The van der Waals surface area contributed by atoms with E-state index in [1.807, 2.05) is 6.07 Å². The number of hydrogen-bond donors (Lipinski definition) is 2. The average Bonchev–Trinajstić information content (AvgIpc) is 2.41. The summed E-state index contributed by atoms with van der Waals surface area (Å²) < 4.78 is 0. The average molecular weight is 279 g/mol. The van der Waals surface area contributed by atoms with Gasteiger partial charge in [0.15, 0.2) is 0 Å². The second-order valence-corrected chi connectivity index (χ2v) is 5.63. The molecule has 0 amide bonds. The molecule has 0 radical (unpaired) electrons. The summed E-state index contributed by atoms with van der Waals surface area (Å²) in [5, 5.41) is 12.5. The zero-order chi connectivity index (χ0) is 14.5. The van der Waals surface area contributed by atoms with Gasteiger partial charge in [-0.15, -0.1) is 0 Å². The van der Waals surface area contributed by atoms with Crippen molar-refractivity contribution >= 4 is 11.8 Å². The molecular weight excluding hydrogens is 254 g/mol. The molecule has 6 nitrogen and oxygen atoms in total. The van der Waals surface area contributed by atoms with Gasteiger partial charge < -0.3 is 15.3 Å². The summed E-state index contributed by atoms with van der Waals surface area (Å²) in [7, 11) is 2.11. The van der Waals surface area contributed by atoms with Gasteiger partial charge in [0.2, 0.25) is 5.95 Å². The minimum atomic E-state index is 0.221. The molecule has 2 N–H and O–H groups in total. The summed E-state index contributed by atoms with van der Waals surface area (Å²) in [6.07, 6.45) is 2.59. The lowest BCUT2D eigenvalue weighted by molar-refractivity contribution is 0.170. The predicted octanol–water partition coefficient (Wildman–Crippen LogP) is 0.800. The van der Waals surface area contributed by atoms with Crippen LogP contribution in [0.3, 0.4) is 0 Å². The highest BCUT2D eigenvalue weighted by atomic mass is 16.3. The van der Waals surface area contributed by atoms with E-state index in [2.05, 4.69) is 46.0 Å². The molecule has 0 unspecified atom stereocenters. The van der Waals surface area contributed by atoms with E-state index < -0.39 is 0 Å². The number of aromatic nitrogens is 2. The first-order valence-electron chi connectivity index (χ1n) is 7.25. The van der Waals surface area contributed by atoms with Crippen LogP contribution in [-0.4, -0.2) is 65.3 Å². The number of anilines is 2. The number of nitrogens with one attached hydrogen (secondary N) is 1. The molecule has 0 spiro atoms. The van der Waals surface area contributed by atoms with E-state index in [-0.39, 0.29) is 6.61 Å². The zero-order valence-electron chi connectivity index (χ0n) is 12.6. The highest BCUT2D eigenvalue weighted by Crippen LogP contribution is 2.17. The predicted molar refractivity (Wildman–Crippen MR) is 81.1 cm³/mol. The van der Waals surface area contributed by atoms with E-state index in [1.54, 1.807) is 6.20 Å². The Morgan fingerprint density at radius 3 is 2.95 bits per heavy atom. The molecule has 0 saturated carbocycles. The molecule has 1 saturated heterocycles. The lowest BCUT2D eigenvalue weighted by Gasteiger charge is -2.39. The van der Waals surface area contributed by atoms with Crippen molar-refractivity contribution in [2.75, 3.05) is 43.5 Å². The molecule has 20 heavy (non-hydrogen) atoms. The number of piperazine rings is 1. The third-order valence-corrected chi connectivity index (χ3v) is 3.60. The van der Waals surface area contributed by atoms with Crippen LogP contribution in [-0.2, 0) is 0 Å². The molecule has 1 aromatic heterocycles. The summed E-state index contributed by atoms with van der Waals surface area (Å²) >= 11 is 0. The summed E-state index contributed by atoms with van der Waals surface area (Å²) in [6, 6.07) is 2.61. The maximum atomic E-state index is 9.15. The summed E-state index contributed by atoms with van der Waals surface area (Å²) in [6.45, 7) is 7.16. The second-order valence-electron chi connectivity index (χ2n) is 5.63. The van der Waals surface area contributed by atoms with Crippen LogP contribution in [0.2, 0.25) is 0 Å². The number of aliphatic hydroxyl groups excluding tert-OH is 1. The van der Waals surface area contributed by atoms with Crippen molar-refractivity contribution in [2.24, 2.45) is 0 Å². The lowest BCUT2D eigenvalue weighted by atomic mass is 10.1. The Morgan fingerprint density at radius 1 is 1.45 bits per heavy atom. The quantitative estimate of drug-likeness (QED) is 0.831. The Bertz CT molecular complexity index is 426. The van der Waals surface area contributed by atoms with Crippen molar-refractivity contribution in [3.63, 3.8) is 0 Å². The minimum Gasteiger partial charge on any atom is -0.396 e. The molecule has 2 heterocycles. The monoisotopic (exact) mass is 279 g/mol. The van der Waals surface area contributed by atoms with Gasteiger partial charge in [0, 0.05) is 44.5 Å². The molecule has 0 bridgehead atoms. The molecule has 2 rings (SSSR count). The van der Waals surface area contributed by atoms with E-state index in [0.717, 1.165) is 37.8 Å². The van der Waals surface area contributed by atoms with Gasteiger partial charge in [-0.3, -0.25) is 4.90 Å². The molecule has 0 aliphatic carbocycles. The van der Waals surface area contributed by atoms with Crippen LogP contribution in [0.5, 0.6) is 0 Å². The molecule has 1 fully saturated rings. The van der Waals surface area contributed by atoms with Crippen LogP contribution in [0.4, 0.5) is 11.8 Å². The number of likely N-dealkylation sites (N-methyl/N-ethyl adjacent to an activating group) is 1. The van der Waals surface area contributed by atoms with Gasteiger partial charge in [0.1, 0.15) is 5.82 Å². The van der Waals surface area contributed by atoms with Crippen LogP contribution in [0.1, 0.15) is 20.3 Å². The third kappa shape index (κ3) is 3.80. The van der Waals surface area contributed by atoms with Gasteiger partial charge in [-0.05, 0) is 33.4 Å². The smallest absolute Gasteiger partial charge is 0.227 e. The maximum Gasteiger partial charge on any atom is 0.227 e. The largest absolute Gasteiger partial charge is 0.396 e. The third-order valence-electron chi connectivity index (χ3n) is 3.60. The molecule has 1 aliphatic rings. The fourth-order valence-corrected chi connectivity index (χ4v) is 2.47. The first-order chi connectivity index (χ1) is 9.60. The standard InChI is InChI=1S/C14H25N5O/c1-11(2)16-13-4-6-15-14(17-13)19-8-7-18(3)12(10-19)5-9-20/h4,6,11-12,20H,5,7-10H2,1-3H3,(H,15,16,17)/t12-/m0/s1. The van der Waals surface area contributed by atoms with E-state index in [0.29, 0.717) is 12.1 Å². The first-order valence-corrected chi connectivity index (χ1v) is 7.25. The summed E-state index contributed by atoms with van der Waals surface area (Å²) in [5.41, 5.74) is 0. The van der Waals surface area contributed by atoms with E-state index in [4.69, 9.17) is 5.11 Å². The van der Waals surface area contributed by atoms with Crippen LogP contribution in [0, 0.1) is 0 Å². The first kappa shape index (κ1) is 15.0. The van der Waals surface area contributed by atoms with Gasteiger partial charge in [-0.2, -0.15) is 4.98 Å². The Kier molecular flexibility index (Phi) is 5.14. The second kappa shape index (κ2) is 6.85. The molecular formula is C14H25N5O. The number of hydrogen-bond acceptors (Lipinski definition) is 6. The van der Waals surface area contributed by atoms with E-state index >= 15 is 0 Å². The highest BCUT2D eigenvalue weighted by Gasteiger charge is 2.25. The topological polar surface area (TPSA) is 64.5 Å². The summed E-state index contributed by atoms with van der Waals surface area (Å²) in [4.78, 5) is 13.5. The van der Waals surface area contributed by atoms with E-state index in [1.165, 1.54) is 0 Å². The molecule has 0 aromatic carbocycles. The Balaban J connectivity index is 2.07. The van der Waals surface area contributed by atoms with Crippen molar-refractivity contribution in [1.29, 1.82) is 0 Å². The van der Waals surface area contributed by atoms with E-state index in [9.17, 15) is 0 Å². The Hall–Kier alpha value is -1.40. The number of aliphatic hydroxyl groups is 1. The van der Waals surface area contributed by atoms with Gasteiger partial charge in [0.05, 0.1) is 0 Å². The van der Waals surface area contributed by atoms with Crippen molar-refractivity contribution < 1.29 is 5.11 Å². The molecule has 1 aromatic rings. The van der Waals surface area contributed by atoms with Crippen molar-refractivity contribution in [3.8, 4) is 0 Å². The number of nitrogens with zero attached hydrogens (tertiary/aromatic N) is 4. The number of rotatable bonds is 5. The highest BCUT2D eigenvalue weighted by molar-refractivity contribution is 5.42. The Morgan fingerprint density at radius 2 is 2.25 bits per heavy atom. The zero-order valence-corrected chi connectivity index (χ0v) is 12.6. The molecule has 1 atom stereocenters. The van der Waals surface area contributed by atoms with Gasteiger partial charge >= 0.3 is 0 Å². The Labute approximate surface area is 120 Å². The lowest BCUT2D eigenvalue weighted by Crippen LogP contribution is -2.52. The normalized spacial score (nSPS) is 20.4. The minimum absolute atomic E-state index is 0.221. The van der Waals surface area contributed by atoms with Gasteiger partial charge in [-0.25, -0.2) is 4.98 Å². The molecule has 112 valence electrons. The summed E-state index contributed by atoms with van der Waals surface area (Å²) in [5.74, 6) is 1.63.